The Balaban J connectivity index is 0.00000320. The van der Waals surface area contributed by atoms with E-state index in [1.807, 2.05) is 23.0 Å². The quantitative estimate of drug-likeness (QED) is 0.311. The fraction of sp³-hybridized carbons (Fsp3) is 0.619. The van der Waals surface area contributed by atoms with Gasteiger partial charge < -0.3 is 15.4 Å². The molecule has 0 amide bonds. The van der Waals surface area contributed by atoms with Crippen LogP contribution < -0.4 is 15.4 Å². The Morgan fingerprint density at radius 2 is 2.17 bits per heavy atom. The van der Waals surface area contributed by atoms with Crippen molar-refractivity contribution in [3.05, 3.63) is 35.5 Å². The first kappa shape index (κ1) is 24.4. The molecule has 2 aromatic rings. The Morgan fingerprint density at radius 1 is 1.33 bits per heavy atom. The molecule has 1 aliphatic heterocycles. The van der Waals surface area contributed by atoms with E-state index < -0.39 is 0 Å². The number of nitrogens with one attached hydrogen (secondary N) is 2. The SMILES string of the molecule is CCCOc1ccc(CN=C(NCC)NC2CCc3nc(C(C)C)nn3C2)cn1.I. The lowest BCUT2D eigenvalue weighted by Crippen LogP contribution is -2.47. The molecular weight excluding hydrogens is 493 g/mol. The van der Waals surface area contributed by atoms with Crippen molar-refractivity contribution in [2.45, 2.75) is 72.0 Å². The highest BCUT2D eigenvalue weighted by Gasteiger charge is 2.23. The standard InChI is InChI=1S/C21H33N7O.HI/c1-5-11-29-19-10-7-16(12-23-19)13-24-21(22-6-2)25-17-8-9-18-26-20(15(3)4)27-28(18)14-17;/h7,10,12,15,17H,5-6,8-9,11,13-14H2,1-4H3,(H2,22,24,25);1H. The van der Waals surface area contributed by atoms with Crippen LogP contribution in [0, 0.1) is 0 Å². The monoisotopic (exact) mass is 527 g/mol. The van der Waals surface area contributed by atoms with Gasteiger partial charge in [0.05, 0.1) is 19.7 Å². The summed E-state index contributed by atoms with van der Waals surface area (Å²) >= 11 is 0. The third-order valence-corrected chi connectivity index (χ3v) is 4.75. The lowest BCUT2D eigenvalue weighted by atomic mass is 10.1. The molecule has 1 atom stereocenters. The zero-order valence-corrected chi connectivity index (χ0v) is 20.7. The summed E-state index contributed by atoms with van der Waals surface area (Å²) in [7, 11) is 0. The molecular formula is C21H34IN7O. The van der Waals surface area contributed by atoms with Crippen LogP contribution in [0.25, 0.3) is 0 Å². The highest BCUT2D eigenvalue weighted by atomic mass is 127. The van der Waals surface area contributed by atoms with Gasteiger partial charge in [-0.1, -0.05) is 26.8 Å². The van der Waals surface area contributed by atoms with Crippen LogP contribution in [-0.2, 0) is 19.5 Å². The first-order valence-electron chi connectivity index (χ1n) is 10.6. The Labute approximate surface area is 196 Å². The van der Waals surface area contributed by atoms with Gasteiger partial charge in [-0.15, -0.1) is 24.0 Å². The predicted molar refractivity (Wildman–Crippen MR) is 130 cm³/mol. The lowest BCUT2D eigenvalue weighted by Gasteiger charge is -2.25. The molecule has 0 spiro atoms. The number of hydrogen-bond donors (Lipinski definition) is 2. The number of ether oxygens (including phenoxy) is 1. The molecule has 166 valence electrons. The van der Waals surface area contributed by atoms with Gasteiger partial charge in [-0.3, -0.25) is 0 Å². The van der Waals surface area contributed by atoms with E-state index in [2.05, 4.69) is 53.4 Å². The van der Waals surface area contributed by atoms with Gasteiger partial charge in [-0.05, 0) is 25.3 Å². The number of nitrogens with zero attached hydrogens (tertiary/aromatic N) is 5. The zero-order chi connectivity index (χ0) is 20.6. The molecule has 2 aromatic heterocycles. The average Bonchev–Trinajstić information content (AvgIpc) is 3.15. The number of aromatic nitrogens is 4. The summed E-state index contributed by atoms with van der Waals surface area (Å²) in [4.78, 5) is 13.7. The molecule has 0 fully saturated rings. The second-order valence-corrected chi connectivity index (χ2v) is 7.65. The number of rotatable bonds is 8. The molecule has 0 saturated heterocycles. The number of hydrogen-bond acceptors (Lipinski definition) is 5. The van der Waals surface area contributed by atoms with Crippen LogP contribution in [0.15, 0.2) is 23.3 Å². The van der Waals surface area contributed by atoms with Gasteiger partial charge >= 0.3 is 0 Å². The van der Waals surface area contributed by atoms with Gasteiger partial charge in [0.1, 0.15) is 5.82 Å². The molecule has 0 saturated carbocycles. The third kappa shape index (κ3) is 6.82. The Morgan fingerprint density at radius 3 is 2.83 bits per heavy atom. The van der Waals surface area contributed by atoms with E-state index in [9.17, 15) is 0 Å². The van der Waals surface area contributed by atoms with Gasteiger partial charge in [-0.25, -0.2) is 19.6 Å². The van der Waals surface area contributed by atoms with E-state index in [0.29, 0.717) is 24.9 Å². The Kier molecular flexibility index (Phi) is 9.80. The van der Waals surface area contributed by atoms with Crippen molar-refractivity contribution in [2.24, 2.45) is 4.99 Å². The van der Waals surface area contributed by atoms with Crippen LogP contribution in [0.4, 0.5) is 0 Å². The second kappa shape index (κ2) is 12.1. The number of halogens is 1. The largest absolute Gasteiger partial charge is 0.478 e. The topological polar surface area (TPSA) is 89.3 Å². The van der Waals surface area contributed by atoms with Crippen molar-refractivity contribution in [1.82, 2.24) is 30.4 Å². The van der Waals surface area contributed by atoms with Crippen LogP contribution in [0.3, 0.4) is 0 Å². The molecule has 3 rings (SSSR count). The Bertz CT molecular complexity index is 804. The summed E-state index contributed by atoms with van der Waals surface area (Å²) in [6.45, 7) is 11.3. The van der Waals surface area contributed by atoms with Gasteiger partial charge in [0, 0.05) is 37.2 Å². The summed E-state index contributed by atoms with van der Waals surface area (Å²) in [6.07, 6.45) is 4.75. The Hall–Kier alpha value is -1.91. The smallest absolute Gasteiger partial charge is 0.213 e. The van der Waals surface area contributed by atoms with Crippen LogP contribution >= 0.6 is 24.0 Å². The number of aryl methyl sites for hydroxylation is 1. The third-order valence-electron chi connectivity index (χ3n) is 4.75. The normalized spacial score (nSPS) is 16.0. The lowest BCUT2D eigenvalue weighted by molar-refractivity contribution is 0.305. The van der Waals surface area contributed by atoms with Crippen molar-refractivity contribution < 1.29 is 4.74 Å². The maximum Gasteiger partial charge on any atom is 0.213 e. The van der Waals surface area contributed by atoms with Crippen LogP contribution in [0.2, 0.25) is 0 Å². The average molecular weight is 527 g/mol. The van der Waals surface area contributed by atoms with Gasteiger partial charge in [0.2, 0.25) is 5.88 Å². The summed E-state index contributed by atoms with van der Waals surface area (Å²) in [5, 5.41) is 11.5. The summed E-state index contributed by atoms with van der Waals surface area (Å²) in [5.41, 5.74) is 1.05. The molecule has 1 aliphatic rings. The van der Waals surface area contributed by atoms with E-state index in [-0.39, 0.29) is 30.0 Å². The van der Waals surface area contributed by atoms with Crippen LogP contribution in [0.1, 0.15) is 63.7 Å². The van der Waals surface area contributed by atoms with E-state index in [0.717, 1.165) is 55.5 Å². The van der Waals surface area contributed by atoms with Crippen molar-refractivity contribution >= 4 is 29.9 Å². The molecule has 9 heteroatoms. The number of pyridine rings is 1. The number of fused-ring (bicyclic) bond motifs is 1. The summed E-state index contributed by atoms with van der Waals surface area (Å²) in [6, 6.07) is 4.20. The van der Waals surface area contributed by atoms with Crippen LogP contribution in [-0.4, -0.2) is 44.9 Å². The molecule has 8 nitrogen and oxygen atoms in total. The minimum Gasteiger partial charge on any atom is -0.478 e. The second-order valence-electron chi connectivity index (χ2n) is 7.65. The highest BCUT2D eigenvalue weighted by Crippen LogP contribution is 2.17. The minimum atomic E-state index is 0. The zero-order valence-electron chi connectivity index (χ0n) is 18.4. The number of guanidine groups is 1. The molecule has 0 aliphatic carbocycles. The summed E-state index contributed by atoms with van der Waals surface area (Å²) < 4.78 is 7.58. The van der Waals surface area contributed by atoms with E-state index in [1.54, 1.807) is 0 Å². The molecule has 0 bridgehead atoms. The highest BCUT2D eigenvalue weighted by molar-refractivity contribution is 14.0. The van der Waals surface area contributed by atoms with Crippen molar-refractivity contribution in [2.75, 3.05) is 13.2 Å². The fourth-order valence-corrected chi connectivity index (χ4v) is 3.17. The van der Waals surface area contributed by atoms with E-state index in [4.69, 9.17) is 9.73 Å². The molecule has 0 aromatic carbocycles. The maximum absolute atomic E-state index is 5.53. The fourth-order valence-electron chi connectivity index (χ4n) is 3.17. The van der Waals surface area contributed by atoms with E-state index >= 15 is 0 Å². The predicted octanol–water partition coefficient (Wildman–Crippen LogP) is 3.27. The molecule has 1 unspecified atom stereocenters. The summed E-state index contributed by atoms with van der Waals surface area (Å²) in [5.74, 6) is 3.85. The maximum atomic E-state index is 5.53. The van der Waals surface area contributed by atoms with Gasteiger partial charge in [-0.2, -0.15) is 5.10 Å². The van der Waals surface area contributed by atoms with Gasteiger partial charge in [0.25, 0.3) is 0 Å². The molecule has 30 heavy (non-hydrogen) atoms. The first-order valence-corrected chi connectivity index (χ1v) is 10.6. The molecule has 3 heterocycles. The first-order chi connectivity index (χ1) is 14.1. The van der Waals surface area contributed by atoms with E-state index in [1.165, 1.54) is 0 Å². The molecule has 0 radical (unpaired) electrons. The molecule has 2 N–H and O–H groups in total. The van der Waals surface area contributed by atoms with Crippen LogP contribution in [0.5, 0.6) is 5.88 Å². The van der Waals surface area contributed by atoms with Crippen molar-refractivity contribution in [3.63, 3.8) is 0 Å². The minimum absolute atomic E-state index is 0. The number of aliphatic imine (C=N–C) groups is 1. The van der Waals surface area contributed by atoms with Crippen molar-refractivity contribution in [3.8, 4) is 5.88 Å². The van der Waals surface area contributed by atoms with Crippen molar-refractivity contribution in [1.29, 1.82) is 0 Å². The van der Waals surface area contributed by atoms with Gasteiger partial charge in [0.15, 0.2) is 11.8 Å².